The number of hydrogen-bond acceptors (Lipinski definition) is 5. The monoisotopic (exact) mass is 228 g/mol. The fourth-order valence-electron chi connectivity index (χ4n) is 1.27. The van der Waals surface area contributed by atoms with Gasteiger partial charge in [0.15, 0.2) is 0 Å². The van der Waals surface area contributed by atoms with Crippen LogP contribution in [0.15, 0.2) is 6.07 Å². The highest BCUT2D eigenvalue weighted by atomic mass is 19.1. The van der Waals surface area contributed by atoms with Crippen LogP contribution in [0, 0.1) is 22.9 Å². The molecule has 0 aliphatic carbocycles. The number of anilines is 1. The van der Waals surface area contributed by atoms with Gasteiger partial charge < -0.3 is 10.5 Å². The highest BCUT2D eigenvalue weighted by Crippen LogP contribution is 2.30. The number of carbonyl (C=O) groups is 1. The summed E-state index contributed by atoms with van der Waals surface area (Å²) in [5, 5.41) is 10.6. The number of nitrogens with zero attached hydrogens (tertiary/aromatic N) is 1. The maximum Gasteiger partial charge on any atom is 0.340 e. The molecule has 0 atom stereocenters. The largest absolute Gasteiger partial charge is 0.465 e. The molecule has 86 valence electrons. The molecule has 0 spiro atoms. The molecule has 0 amide bonds. The van der Waals surface area contributed by atoms with Crippen LogP contribution in [0.4, 0.5) is 15.8 Å². The van der Waals surface area contributed by atoms with Crippen molar-refractivity contribution in [2.75, 3.05) is 12.8 Å². The minimum atomic E-state index is -0.905. The molecule has 0 unspecified atom stereocenters. The van der Waals surface area contributed by atoms with Crippen LogP contribution < -0.4 is 5.73 Å². The van der Waals surface area contributed by atoms with E-state index >= 15 is 0 Å². The summed E-state index contributed by atoms with van der Waals surface area (Å²) in [6.45, 7) is 1.29. The molecule has 7 heteroatoms. The summed E-state index contributed by atoms with van der Waals surface area (Å²) in [6, 6.07) is 0.678. The second-order valence-electron chi connectivity index (χ2n) is 3.04. The van der Waals surface area contributed by atoms with Crippen molar-refractivity contribution in [2.24, 2.45) is 0 Å². The Morgan fingerprint density at radius 1 is 1.62 bits per heavy atom. The lowest BCUT2D eigenvalue weighted by Gasteiger charge is -2.08. The number of methoxy groups -OCH3 is 1. The van der Waals surface area contributed by atoms with Gasteiger partial charge in [-0.05, 0) is 6.92 Å². The van der Waals surface area contributed by atoms with Crippen molar-refractivity contribution in [1.29, 1.82) is 0 Å². The van der Waals surface area contributed by atoms with Gasteiger partial charge in [0.05, 0.1) is 23.7 Å². The van der Waals surface area contributed by atoms with E-state index in [4.69, 9.17) is 5.73 Å². The molecule has 1 rings (SSSR count). The molecule has 0 aliphatic rings. The van der Waals surface area contributed by atoms with Crippen molar-refractivity contribution in [3.8, 4) is 0 Å². The van der Waals surface area contributed by atoms with E-state index in [1.165, 1.54) is 6.92 Å². The zero-order chi connectivity index (χ0) is 12.5. The van der Waals surface area contributed by atoms with Crippen LogP contribution in [-0.2, 0) is 4.74 Å². The Labute approximate surface area is 90.0 Å². The first-order valence-electron chi connectivity index (χ1n) is 4.21. The maximum absolute atomic E-state index is 13.3. The molecule has 0 saturated heterocycles. The van der Waals surface area contributed by atoms with E-state index in [-0.39, 0.29) is 11.1 Å². The third-order valence-electron chi connectivity index (χ3n) is 2.13. The van der Waals surface area contributed by atoms with E-state index in [0.717, 1.165) is 7.11 Å². The number of esters is 1. The summed E-state index contributed by atoms with van der Waals surface area (Å²) in [7, 11) is 1.08. The van der Waals surface area contributed by atoms with Gasteiger partial charge in [-0.3, -0.25) is 10.1 Å². The molecule has 0 bridgehead atoms. The van der Waals surface area contributed by atoms with Crippen LogP contribution >= 0.6 is 0 Å². The van der Waals surface area contributed by atoms with Gasteiger partial charge in [0.25, 0.3) is 5.69 Å². The lowest BCUT2D eigenvalue weighted by molar-refractivity contribution is -0.384. The maximum atomic E-state index is 13.3. The van der Waals surface area contributed by atoms with E-state index in [1.807, 2.05) is 0 Å². The smallest absolute Gasteiger partial charge is 0.340 e. The number of halogens is 1. The Morgan fingerprint density at radius 2 is 2.19 bits per heavy atom. The van der Waals surface area contributed by atoms with Gasteiger partial charge in [0, 0.05) is 5.56 Å². The number of benzene rings is 1. The summed E-state index contributed by atoms with van der Waals surface area (Å²) in [6.07, 6.45) is 0. The molecule has 1 aromatic carbocycles. The highest BCUT2D eigenvalue weighted by molar-refractivity contribution is 5.98. The van der Waals surface area contributed by atoms with Crippen LogP contribution in [0.3, 0.4) is 0 Å². The van der Waals surface area contributed by atoms with Crippen molar-refractivity contribution in [3.63, 3.8) is 0 Å². The Hall–Kier alpha value is -2.18. The molecule has 1 aromatic rings. The standard InChI is InChI=1S/C9H9FN2O4/c1-4-5(10)3-6(12(14)15)8(11)7(4)9(13)16-2/h3H,11H2,1-2H3. The number of hydrogen-bond donors (Lipinski definition) is 1. The average molecular weight is 228 g/mol. The van der Waals surface area contributed by atoms with Crippen LogP contribution in [0.25, 0.3) is 0 Å². The lowest BCUT2D eigenvalue weighted by Crippen LogP contribution is -2.11. The Kier molecular flexibility index (Phi) is 3.07. The minimum Gasteiger partial charge on any atom is -0.465 e. The van der Waals surface area contributed by atoms with Crippen molar-refractivity contribution >= 4 is 17.3 Å². The van der Waals surface area contributed by atoms with Crippen LogP contribution in [0.2, 0.25) is 0 Å². The quantitative estimate of drug-likeness (QED) is 0.357. The van der Waals surface area contributed by atoms with Crippen LogP contribution in [-0.4, -0.2) is 18.0 Å². The van der Waals surface area contributed by atoms with Crippen molar-refractivity contribution in [2.45, 2.75) is 6.92 Å². The van der Waals surface area contributed by atoms with E-state index in [9.17, 15) is 19.3 Å². The summed E-state index contributed by atoms with van der Waals surface area (Å²) in [4.78, 5) is 21.0. The van der Waals surface area contributed by atoms with Gasteiger partial charge in [-0.1, -0.05) is 0 Å². The third kappa shape index (κ3) is 1.79. The molecule has 0 saturated carbocycles. The van der Waals surface area contributed by atoms with Gasteiger partial charge in [-0.15, -0.1) is 0 Å². The molecule has 0 aliphatic heterocycles. The number of nitrogen functional groups attached to an aromatic ring is 1. The third-order valence-corrected chi connectivity index (χ3v) is 2.13. The van der Waals surface area contributed by atoms with E-state index in [0.29, 0.717) is 6.07 Å². The number of rotatable bonds is 2. The molecule has 0 radical (unpaired) electrons. The molecule has 0 aromatic heterocycles. The first-order chi connectivity index (χ1) is 7.40. The second-order valence-corrected chi connectivity index (χ2v) is 3.04. The Bertz CT molecular complexity index is 473. The first kappa shape index (κ1) is 11.9. The summed E-state index contributed by atoms with van der Waals surface area (Å²) in [5.41, 5.74) is 3.99. The van der Waals surface area contributed by atoms with Crippen LogP contribution in [0.1, 0.15) is 15.9 Å². The number of nitrogens with two attached hydrogens (primary N) is 1. The Balaban J connectivity index is 3.58. The molecule has 6 nitrogen and oxygen atoms in total. The summed E-state index contributed by atoms with van der Waals surface area (Å²) in [5.74, 6) is -1.78. The predicted molar refractivity (Wildman–Crippen MR) is 53.5 cm³/mol. The van der Waals surface area contributed by atoms with Crippen LogP contribution in [0.5, 0.6) is 0 Å². The highest BCUT2D eigenvalue weighted by Gasteiger charge is 2.25. The topological polar surface area (TPSA) is 95.5 Å². The molecule has 2 N–H and O–H groups in total. The van der Waals surface area contributed by atoms with Gasteiger partial charge in [-0.25, -0.2) is 9.18 Å². The summed E-state index contributed by atoms with van der Waals surface area (Å²) >= 11 is 0. The number of nitro benzene ring substituents is 1. The minimum absolute atomic E-state index is 0.0741. The van der Waals surface area contributed by atoms with E-state index in [2.05, 4.69) is 4.74 Å². The van der Waals surface area contributed by atoms with Crippen molar-refractivity contribution in [3.05, 3.63) is 33.1 Å². The first-order valence-corrected chi connectivity index (χ1v) is 4.21. The molecule has 0 fully saturated rings. The Morgan fingerprint density at radius 3 is 2.62 bits per heavy atom. The molecule has 16 heavy (non-hydrogen) atoms. The fraction of sp³-hybridized carbons (Fsp3) is 0.222. The fourth-order valence-corrected chi connectivity index (χ4v) is 1.27. The lowest BCUT2D eigenvalue weighted by atomic mass is 10.0. The predicted octanol–water partition coefficient (Wildman–Crippen LogP) is 1.41. The molecular formula is C9H9FN2O4. The normalized spacial score (nSPS) is 9.94. The molecule has 0 heterocycles. The van der Waals surface area contributed by atoms with E-state index < -0.39 is 28.1 Å². The zero-order valence-electron chi connectivity index (χ0n) is 8.61. The SMILES string of the molecule is COC(=O)c1c(C)c(F)cc([N+](=O)[O-])c1N. The van der Waals surface area contributed by atoms with Gasteiger partial charge in [-0.2, -0.15) is 0 Å². The zero-order valence-corrected chi connectivity index (χ0v) is 8.61. The van der Waals surface area contributed by atoms with Crippen molar-refractivity contribution < 1.29 is 18.8 Å². The summed E-state index contributed by atoms with van der Waals surface area (Å²) < 4.78 is 17.7. The number of nitro groups is 1. The van der Waals surface area contributed by atoms with Gasteiger partial charge in [0.1, 0.15) is 11.5 Å². The number of carbonyl (C=O) groups excluding carboxylic acids is 1. The van der Waals surface area contributed by atoms with Gasteiger partial charge >= 0.3 is 5.97 Å². The van der Waals surface area contributed by atoms with Gasteiger partial charge in [0.2, 0.25) is 0 Å². The number of ether oxygens (including phenoxy) is 1. The molecular weight excluding hydrogens is 219 g/mol. The van der Waals surface area contributed by atoms with Crippen molar-refractivity contribution in [1.82, 2.24) is 0 Å². The second kappa shape index (κ2) is 4.13. The van der Waals surface area contributed by atoms with E-state index in [1.54, 1.807) is 0 Å². The average Bonchev–Trinajstić information content (AvgIpc) is 2.22.